The van der Waals surface area contributed by atoms with Crippen molar-refractivity contribution in [3.05, 3.63) is 30.3 Å². The van der Waals surface area contributed by atoms with E-state index in [-0.39, 0.29) is 0 Å². The van der Waals surface area contributed by atoms with E-state index in [9.17, 15) is 4.55 Å². The van der Waals surface area contributed by atoms with Crippen molar-refractivity contribution in [2.45, 2.75) is 43.0 Å². The fourth-order valence-corrected chi connectivity index (χ4v) is 4.98. The van der Waals surface area contributed by atoms with Crippen LogP contribution in [-0.4, -0.2) is 46.0 Å². The van der Waals surface area contributed by atoms with Gasteiger partial charge in [-0.2, -0.15) is 0 Å². The number of piperidine rings is 2. The summed E-state index contributed by atoms with van der Waals surface area (Å²) in [5.74, 6) is 3.53. The molecule has 2 saturated heterocycles. The van der Waals surface area contributed by atoms with Gasteiger partial charge in [-0.1, -0.05) is 18.2 Å². The van der Waals surface area contributed by atoms with E-state index >= 15 is 0 Å². The summed E-state index contributed by atoms with van der Waals surface area (Å²) < 4.78 is 14.7. The minimum Gasteiger partial charge on any atom is -0.593 e. The maximum Gasteiger partial charge on any atom is 0.174 e. The second-order valence-electron chi connectivity index (χ2n) is 6.61. The number of benzene rings is 1. The summed E-state index contributed by atoms with van der Waals surface area (Å²) in [6, 6.07) is 10.5. The van der Waals surface area contributed by atoms with Gasteiger partial charge in [-0.05, 0) is 56.8 Å². The van der Waals surface area contributed by atoms with E-state index in [1.807, 2.05) is 30.3 Å². The lowest BCUT2D eigenvalue weighted by molar-refractivity contribution is 0.0980. The average molecular weight is 330 g/mol. The lowest BCUT2D eigenvalue weighted by atomic mass is 9.92. The van der Waals surface area contributed by atoms with Gasteiger partial charge in [0, 0.05) is 25.6 Å². The predicted molar refractivity (Wildman–Crippen MR) is 95.2 cm³/mol. The lowest BCUT2D eigenvalue weighted by Gasteiger charge is -2.41. The summed E-state index contributed by atoms with van der Waals surface area (Å²) >= 11 is -1.01. The van der Waals surface area contributed by atoms with E-state index in [4.69, 9.17) is 6.42 Å². The Morgan fingerprint density at radius 3 is 2.30 bits per heavy atom. The van der Waals surface area contributed by atoms with Gasteiger partial charge in [0.2, 0.25) is 0 Å². The summed E-state index contributed by atoms with van der Waals surface area (Å²) in [4.78, 5) is 3.55. The van der Waals surface area contributed by atoms with Crippen LogP contribution >= 0.6 is 0 Å². The molecule has 0 aromatic heterocycles. The van der Waals surface area contributed by atoms with Crippen molar-refractivity contribution in [2.75, 3.05) is 26.2 Å². The molecule has 1 aromatic carbocycles. The first-order valence-electron chi connectivity index (χ1n) is 8.67. The minimum absolute atomic E-state index is 0.658. The molecule has 3 rings (SSSR count). The Kier molecular flexibility index (Phi) is 6.02. The Labute approximate surface area is 143 Å². The van der Waals surface area contributed by atoms with Gasteiger partial charge in [0.25, 0.3) is 0 Å². The molecule has 0 spiro atoms. The third-order valence-corrected chi connectivity index (χ3v) is 6.68. The SMILES string of the molecule is C#CCC1CCN(C2CCN([S+]([O-])c3ccccc3)CC2)CC1. The Morgan fingerprint density at radius 2 is 1.70 bits per heavy atom. The molecule has 2 aliphatic rings. The molecule has 0 aliphatic carbocycles. The van der Waals surface area contributed by atoms with Crippen LogP contribution in [0.25, 0.3) is 0 Å². The molecule has 1 unspecified atom stereocenters. The molecule has 0 bridgehead atoms. The molecule has 2 fully saturated rings. The van der Waals surface area contributed by atoms with Crippen LogP contribution in [0.15, 0.2) is 35.2 Å². The lowest BCUT2D eigenvalue weighted by Crippen LogP contribution is -2.48. The summed E-state index contributed by atoms with van der Waals surface area (Å²) in [5.41, 5.74) is 0. The van der Waals surface area contributed by atoms with Crippen molar-refractivity contribution < 1.29 is 4.55 Å². The highest BCUT2D eigenvalue weighted by atomic mass is 32.2. The van der Waals surface area contributed by atoms with E-state index in [0.29, 0.717) is 6.04 Å². The molecule has 23 heavy (non-hydrogen) atoms. The normalized spacial score (nSPS) is 23.5. The van der Waals surface area contributed by atoms with E-state index < -0.39 is 11.4 Å². The van der Waals surface area contributed by atoms with Crippen molar-refractivity contribution >= 4 is 11.4 Å². The van der Waals surface area contributed by atoms with Gasteiger partial charge >= 0.3 is 0 Å². The highest BCUT2D eigenvalue weighted by Gasteiger charge is 2.32. The maximum absolute atomic E-state index is 12.6. The summed E-state index contributed by atoms with van der Waals surface area (Å²) in [7, 11) is 0. The van der Waals surface area contributed by atoms with Gasteiger partial charge in [-0.15, -0.1) is 16.6 Å². The number of rotatable bonds is 4. The van der Waals surface area contributed by atoms with Crippen molar-refractivity contribution in [1.29, 1.82) is 0 Å². The molecular weight excluding hydrogens is 304 g/mol. The highest BCUT2D eigenvalue weighted by Crippen LogP contribution is 2.27. The first-order valence-corrected chi connectivity index (χ1v) is 9.78. The van der Waals surface area contributed by atoms with Crippen LogP contribution in [0.3, 0.4) is 0 Å². The molecule has 2 aliphatic heterocycles. The highest BCUT2D eigenvalue weighted by molar-refractivity contribution is 7.89. The zero-order chi connectivity index (χ0) is 16.1. The number of hydrogen-bond acceptors (Lipinski definition) is 3. The third kappa shape index (κ3) is 4.30. The quantitative estimate of drug-likeness (QED) is 0.628. The zero-order valence-electron chi connectivity index (χ0n) is 13.7. The Balaban J connectivity index is 1.47. The molecule has 1 atom stereocenters. The van der Waals surface area contributed by atoms with Crippen LogP contribution in [0.5, 0.6) is 0 Å². The largest absolute Gasteiger partial charge is 0.593 e. The predicted octanol–water partition coefficient (Wildman–Crippen LogP) is 2.91. The van der Waals surface area contributed by atoms with Crippen LogP contribution in [0.2, 0.25) is 0 Å². The second-order valence-corrected chi connectivity index (χ2v) is 8.10. The van der Waals surface area contributed by atoms with Gasteiger partial charge in [-0.25, -0.2) is 0 Å². The summed E-state index contributed by atoms with van der Waals surface area (Å²) in [6.07, 6.45) is 11.1. The number of nitrogens with zero attached hydrogens (tertiary/aromatic N) is 2. The number of likely N-dealkylation sites (tertiary alicyclic amines) is 1. The van der Waals surface area contributed by atoms with Crippen LogP contribution < -0.4 is 0 Å². The molecule has 0 N–H and O–H groups in total. The van der Waals surface area contributed by atoms with E-state index in [1.165, 1.54) is 25.9 Å². The van der Waals surface area contributed by atoms with Gasteiger partial charge < -0.3 is 9.45 Å². The van der Waals surface area contributed by atoms with Gasteiger partial charge in [0.1, 0.15) is 0 Å². The first kappa shape index (κ1) is 16.9. The van der Waals surface area contributed by atoms with Crippen LogP contribution in [0.1, 0.15) is 32.1 Å². The second kappa shape index (κ2) is 8.21. The van der Waals surface area contributed by atoms with Crippen molar-refractivity contribution in [1.82, 2.24) is 9.21 Å². The molecule has 4 heteroatoms. The number of hydrogen-bond donors (Lipinski definition) is 0. The molecular formula is C19H26N2OS. The van der Waals surface area contributed by atoms with E-state index in [1.54, 1.807) is 0 Å². The molecule has 0 amide bonds. The van der Waals surface area contributed by atoms with Crippen molar-refractivity contribution in [3.8, 4) is 12.3 Å². The molecule has 0 saturated carbocycles. The Bertz CT molecular complexity index is 514. The summed E-state index contributed by atoms with van der Waals surface area (Å²) in [5, 5.41) is 0. The Hall–Kier alpha value is -0.990. The van der Waals surface area contributed by atoms with Crippen molar-refractivity contribution in [2.24, 2.45) is 5.92 Å². The zero-order valence-corrected chi connectivity index (χ0v) is 14.5. The van der Waals surface area contributed by atoms with Gasteiger partial charge in [0.05, 0.1) is 11.4 Å². The van der Waals surface area contributed by atoms with Crippen LogP contribution in [0, 0.1) is 18.3 Å². The monoisotopic (exact) mass is 330 g/mol. The standard InChI is InChI=1S/C19H26N2OS/c1-2-6-17-9-13-20(14-10-17)18-11-15-21(16-12-18)23(22)19-7-4-3-5-8-19/h1,3-5,7-8,17-18H,6,9-16H2. The minimum atomic E-state index is -1.01. The van der Waals surface area contributed by atoms with Crippen LogP contribution in [0.4, 0.5) is 0 Å². The smallest absolute Gasteiger partial charge is 0.174 e. The van der Waals surface area contributed by atoms with E-state index in [0.717, 1.165) is 43.2 Å². The fourth-order valence-electron chi connectivity index (χ4n) is 3.75. The molecule has 2 heterocycles. The topological polar surface area (TPSA) is 29.5 Å². The van der Waals surface area contributed by atoms with Gasteiger partial charge in [0.15, 0.2) is 4.90 Å². The third-order valence-electron chi connectivity index (χ3n) is 5.17. The molecule has 1 aromatic rings. The molecule has 3 nitrogen and oxygen atoms in total. The first-order chi connectivity index (χ1) is 11.3. The van der Waals surface area contributed by atoms with Crippen LogP contribution in [-0.2, 0) is 11.4 Å². The van der Waals surface area contributed by atoms with Gasteiger partial charge in [-0.3, -0.25) is 0 Å². The maximum atomic E-state index is 12.6. The summed E-state index contributed by atoms with van der Waals surface area (Å²) in [6.45, 7) is 4.21. The number of terminal acetylenes is 1. The average Bonchev–Trinajstić information content (AvgIpc) is 2.63. The van der Waals surface area contributed by atoms with Crippen molar-refractivity contribution in [3.63, 3.8) is 0 Å². The molecule has 124 valence electrons. The Morgan fingerprint density at radius 1 is 1.04 bits per heavy atom. The fraction of sp³-hybridized carbons (Fsp3) is 0.579. The van der Waals surface area contributed by atoms with E-state index in [2.05, 4.69) is 15.1 Å². The molecule has 0 radical (unpaired) electrons.